The number of nitrogens with zero attached hydrogens (tertiary/aromatic N) is 1. The molecule has 0 fully saturated rings. The molecule has 6 nitrogen and oxygen atoms in total. The van der Waals surface area contributed by atoms with Crippen LogP contribution in [0.5, 0.6) is 0 Å². The summed E-state index contributed by atoms with van der Waals surface area (Å²) in [6.07, 6.45) is 0.331. The van der Waals surface area contributed by atoms with E-state index in [1.165, 1.54) is 17.8 Å². The smallest absolute Gasteiger partial charge is 0.339 e. The maximum Gasteiger partial charge on any atom is 0.339 e. The number of thioether (sulfide) groups is 1. The average Bonchev–Trinajstić information content (AvgIpc) is 2.77. The highest BCUT2D eigenvalue weighted by Crippen LogP contribution is 2.33. The normalized spacial score (nSPS) is 11.0. The Morgan fingerprint density at radius 3 is 2.19 bits per heavy atom. The third kappa shape index (κ3) is 6.18. The van der Waals surface area contributed by atoms with Crippen LogP contribution in [0.4, 0.5) is 0 Å². The molecular formula is C23H20N2O4S2. The summed E-state index contributed by atoms with van der Waals surface area (Å²) in [5, 5.41) is 14.2. The number of carbonyl (C=O) groups excluding carboxylic acids is 1. The lowest BCUT2D eigenvalue weighted by Gasteiger charge is -2.16. The first-order chi connectivity index (χ1) is 14.9. The van der Waals surface area contributed by atoms with E-state index in [-0.39, 0.29) is 10.5 Å². The van der Waals surface area contributed by atoms with Crippen molar-refractivity contribution in [3.63, 3.8) is 0 Å². The molecule has 0 atom stereocenters. The van der Waals surface area contributed by atoms with Gasteiger partial charge in [0.05, 0.1) is 10.5 Å². The molecular weight excluding hydrogens is 432 g/mol. The van der Waals surface area contributed by atoms with Crippen molar-refractivity contribution < 1.29 is 17.9 Å². The van der Waals surface area contributed by atoms with Crippen LogP contribution in [-0.4, -0.2) is 21.0 Å². The number of nitrogens with two attached hydrogens (primary N) is 1. The Kier molecular flexibility index (Phi) is 7.47. The van der Waals surface area contributed by atoms with Crippen molar-refractivity contribution in [3.8, 4) is 6.07 Å². The van der Waals surface area contributed by atoms with Gasteiger partial charge in [0.25, 0.3) is 0 Å². The molecule has 158 valence electrons. The standard InChI is InChI=1S/C23H20N2O4S2/c24-11-12-29-23(26)19-14-21(30-16-18-9-5-2-6-10-18)20(22(15-19)31(25,27)28)13-17-7-3-1-4-8-17/h1-10,14-15H,12-13,16H2,(H2,25,27,28). The minimum Gasteiger partial charge on any atom is -0.447 e. The van der Waals surface area contributed by atoms with Gasteiger partial charge < -0.3 is 4.74 Å². The molecule has 0 aliphatic heterocycles. The number of nitriles is 1. The van der Waals surface area contributed by atoms with Gasteiger partial charge in [-0.3, -0.25) is 0 Å². The number of primary sulfonamides is 1. The van der Waals surface area contributed by atoms with Crippen LogP contribution >= 0.6 is 11.8 Å². The second-order valence-electron chi connectivity index (χ2n) is 6.67. The molecule has 0 spiro atoms. The Bertz CT molecular complexity index is 1210. The van der Waals surface area contributed by atoms with Crippen LogP contribution in [0, 0.1) is 11.3 Å². The first kappa shape index (κ1) is 22.6. The van der Waals surface area contributed by atoms with Gasteiger partial charge in [-0.05, 0) is 35.2 Å². The Balaban J connectivity index is 2.09. The highest BCUT2D eigenvalue weighted by molar-refractivity contribution is 7.98. The van der Waals surface area contributed by atoms with Crippen molar-refractivity contribution in [2.45, 2.75) is 22.0 Å². The summed E-state index contributed by atoms with van der Waals surface area (Å²) >= 11 is 1.41. The maximum absolute atomic E-state index is 12.4. The van der Waals surface area contributed by atoms with Crippen molar-refractivity contribution in [2.75, 3.05) is 6.61 Å². The minimum atomic E-state index is -4.12. The van der Waals surface area contributed by atoms with E-state index in [2.05, 4.69) is 0 Å². The number of sulfonamides is 1. The Morgan fingerprint density at radius 1 is 1.00 bits per heavy atom. The van der Waals surface area contributed by atoms with E-state index in [9.17, 15) is 13.2 Å². The Labute approximate surface area is 185 Å². The number of rotatable bonds is 8. The second kappa shape index (κ2) is 10.3. The van der Waals surface area contributed by atoms with Crippen molar-refractivity contribution in [1.82, 2.24) is 0 Å². The molecule has 0 aliphatic rings. The van der Waals surface area contributed by atoms with Gasteiger partial charge in [-0.15, -0.1) is 11.8 Å². The summed E-state index contributed by atoms with van der Waals surface area (Å²) in [7, 11) is -4.12. The molecule has 0 heterocycles. The van der Waals surface area contributed by atoms with Gasteiger partial charge >= 0.3 is 5.97 Å². The molecule has 3 rings (SSSR count). The summed E-state index contributed by atoms with van der Waals surface area (Å²) in [4.78, 5) is 12.8. The molecule has 0 amide bonds. The van der Waals surface area contributed by atoms with E-state index in [0.29, 0.717) is 22.6 Å². The van der Waals surface area contributed by atoms with Crippen molar-refractivity contribution in [3.05, 3.63) is 95.1 Å². The third-order valence-corrected chi connectivity index (χ3v) is 6.57. The van der Waals surface area contributed by atoms with Crippen LogP contribution in [0.3, 0.4) is 0 Å². The van der Waals surface area contributed by atoms with E-state index in [4.69, 9.17) is 15.1 Å². The fourth-order valence-electron chi connectivity index (χ4n) is 3.01. The lowest BCUT2D eigenvalue weighted by molar-refractivity contribution is 0.0554. The molecule has 0 radical (unpaired) electrons. The highest BCUT2D eigenvalue weighted by atomic mass is 32.2. The van der Waals surface area contributed by atoms with Crippen LogP contribution in [-0.2, 0) is 26.9 Å². The zero-order valence-corrected chi connectivity index (χ0v) is 18.2. The molecule has 0 saturated carbocycles. The Hall–Kier alpha value is -3.12. The molecule has 0 saturated heterocycles. The molecule has 0 aliphatic carbocycles. The van der Waals surface area contributed by atoms with Crippen molar-refractivity contribution >= 4 is 27.8 Å². The lowest BCUT2D eigenvalue weighted by atomic mass is 10.0. The molecule has 2 N–H and O–H groups in total. The molecule has 0 bridgehead atoms. The Morgan fingerprint density at radius 2 is 1.61 bits per heavy atom. The van der Waals surface area contributed by atoms with Gasteiger partial charge in [0.1, 0.15) is 6.07 Å². The zero-order chi connectivity index (χ0) is 22.3. The maximum atomic E-state index is 12.4. The summed E-state index contributed by atoms with van der Waals surface area (Å²) in [6.45, 7) is -0.429. The van der Waals surface area contributed by atoms with Gasteiger partial charge in [-0.25, -0.2) is 18.4 Å². The topological polar surface area (TPSA) is 110 Å². The SMILES string of the molecule is N#CCOC(=O)c1cc(SCc2ccccc2)c(Cc2ccccc2)c(S(N)(=O)=O)c1. The summed E-state index contributed by atoms with van der Waals surface area (Å²) in [5.74, 6) is -0.206. The van der Waals surface area contributed by atoms with Crippen molar-refractivity contribution in [1.29, 1.82) is 5.26 Å². The monoisotopic (exact) mass is 452 g/mol. The molecule has 0 aromatic heterocycles. The zero-order valence-electron chi connectivity index (χ0n) is 16.5. The summed E-state index contributed by atoms with van der Waals surface area (Å²) in [6, 6.07) is 23.7. The second-order valence-corrected chi connectivity index (χ2v) is 9.21. The number of hydrogen-bond donors (Lipinski definition) is 1. The summed E-state index contributed by atoms with van der Waals surface area (Å²) in [5.41, 5.74) is 2.51. The van der Waals surface area contributed by atoms with Gasteiger partial charge in [0.2, 0.25) is 10.0 Å². The van der Waals surface area contributed by atoms with Gasteiger partial charge in [0, 0.05) is 10.6 Å². The van der Waals surface area contributed by atoms with Crippen molar-refractivity contribution in [2.24, 2.45) is 5.14 Å². The highest BCUT2D eigenvalue weighted by Gasteiger charge is 2.22. The van der Waals surface area contributed by atoms with E-state index < -0.39 is 22.6 Å². The molecule has 8 heteroatoms. The number of carbonyl (C=O) groups is 1. The van der Waals surface area contributed by atoms with Gasteiger partial charge in [-0.2, -0.15) is 5.26 Å². The predicted octanol–water partition coefficient (Wildman–Crippen LogP) is 3.90. The number of esters is 1. The van der Waals surface area contributed by atoms with Crippen LogP contribution in [0.1, 0.15) is 27.0 Å². The summed E-state index contributed by atoms with van der Waals surface area (Å²) < 4.78 is 29.7. The van der Waals surface area contributed by atoms with E-state index in [0.717, 1.165) is 11.1 Å². The van der Waals surface area contributed by atoms with Crippen LogP contribution < -0.4 is 5.14 Å². The number of ether oxygens (including phenoxy) is 1. The predicted molar refractivity (Wildman–Crippen MR) is 119 cm³/mol. The molecule has 3 aromatic carbocycles. The number of hydrogen-bond acceptors (Lipinski definition) is 6. The van der Waals surface area contributed by atoms with E-state index in [1.807, 2.05) is 60.7 Å². The number of benzene rings is 3. The van der Waals surface area contributed by atoms with Gasteiger partial charge in [-0.1, -0.05) is 60.7 Å². The van der Waals surface area contributed by atoms with E-state index >= 15 is 0 Å². The van der Waals surface area contributed by atoms with Gasteiger partial charge in [0.15, 0.2) is 6.61 Å². The minimum absolute atomic E-state index is 0.0339. The lowest BCUT2D eigenvalue weighted by Crippen LogP contribution is -2.17. The van der Waals surface area contributed by atoms with Crippen LogP contribution in [0.25, 0.3) is 0 Å². The molecule has 3 aromatic rings. The fraction of sp³-hybridized carbons (Fsp3) is 0.130. The molecule has 0 unspecified atom stereocenters. The van der Waals surface area contributed by atoms with E-state index in [1.54, 1.807) is 12.1 Å². The largest absolute Gasteiger partial charge is 0.447 e. The van der Waals surface area contributed by atoms with Crippen LogP contribution in [0.2, 0.25) is 0 Å². The van der Waals surface area contributed by atoms with Crippen LogP contribution in [0.15, 0.2) is 82.6 Å². The average molecular weight is 453 g/mol. The third-order valence-electron chi connectivity index (χ3n) is 4.44. The first-order valence-electron chi connectivity index (χ1n) is 9.33. The quantitative estimate of drug-likeness (QED) is 0.410. The fourth-order valence-corrected chi connectivity index (χ4v) is 4.97. The molecule has 31 heavy (non-hydrogen) atoms. The first-order valence-corrected chi connectivity index (χ1v) is 11.9.